The molecule has 5 nitrogen and oxygen atoms in total. The molecule has 0 spiro atoms. The smallest absolute Gasteiger partial charge is 0.277 e. The summed E-state index contributed by atoms with van der Waals surface area (Å²) >= 11 is 7.32. The highest BCUT2D eigenvalue weighted by atomic mass is 35.5. The van der Waals surface area contributed by atoms with Crippen LogP contribution in [0.2, 0.25) is 5.02 Å². The van der Waals surface area contributed by atoms with Crippen molar-refractivity contribution in [1.29, 1.82) is 0 Å². The fourth-order valence-electron chi connectivity index (χ4n) is 2.23. The van der Waals surface area contributed by atoms with E-state index in [4.69, 9.17) is 11.6 Å². The summed E-state index contributed by atoms with van der Waals surface area (Å²) < 4.78 is 7.71. The summed E-state index contributed by atoms with van der Waals surface area (Å²) in [7, 11) is 0. The first kappa shape index (κ1) is 16.4. The SMILES string of the molecule is C[C@H](Nc1ccc(NC(=O)c2cnsn2)cc1Cl)c1ccccc1. The third kappa shape index (κ3) is 3.90. The molecule has 2 aromatic carbocycles. The fraction of sp³-hybridized carbons (Fsp3) is 0.118. The molecule has 0 unspecified atom stereocenters. The summed E-state index contributed by atoms with van der Waals surface area (Å²) in [5, 5.41) is 6.65. The average molecular weight is 359 g/mol. The zero-order chi connectivity index (χ0) is 16.9. The van der Waals surface area contributed by atoms with E-state index in [2.05, 4.69) is 38.4 Å². The number of nitrogens with one attached hydrogen (secondary N) is 2. The third-order valence-electron chi connectivity index (χ3n) is 3.49. The molecule has 0 saturated heterocycles. The molecule has 0 radical (unpaired) electrons. The standard InChI is InChI=1S/C17H15ClN4OS/c1-11(12-5-3-2-4-6-12)20-15-8-7-13(9-14(15)18)21-17(23)16-10-19-24-22-16/h2-11,20H,1H3,(H,21,23)/t11-/m0/s1. The van der Waals surface area contributed by atoms with Crippen molar-refractivity contribution in [2.24, 2.45) is 0 Å². The topological polar surface area (TPSA) is 66.9 Å². The van der Waals surface area contributed by atoms with Crippen molar-refractivity contribution in [2.45, 2.75) is 13.0 Å². The highest BCUT2D eigenvalue weighted by molar-refractivity contribution is 6.99. The number of rotatable bonds is 5. The minimum Gasteiger partial charge on any atom is -0.377 e. The van der Waals surface area contributed by atoms with Crippen molar-refractivity contribution in [3.05, 3.63) is 71.0 Å². The van der Waals surface area contributed by atoms with Crippen LogP contribution in [0.4, 0.5) is 11.4 Å². The van der Waals surface area contributed by atoms with Gasteiger partial charge in [-0.2, -0.15) is 8.75 Å². The zero-order valence-corrected chi connectivity index (χ0v) is 14.4. The van der Waals surface area contributed by atoms with Crippen LogP contribution >= 0.6 is 23.3 Å². The first-order valence-corrected chi connectivity index (χ1v) is 8.44. The third-order valence-corrected chi connectivity index (χ3v) is 4.28. The molecular weight excluding hydrogens is 344 g/mol. The molecule has 7 heteroatoms. The fourth-order valence-corrected chi connectivity index (χ4v) is 2.88. The molecule has 122 valence electrons. The summed E-state index contributed by atoms with van der Waals surface area (Å²) in [6, 6.07) is 15.6. The second-order valence-electron chi connectivity index (χ2n) is 5.22. The maximum Gasteiger partial charge on any atom is 0.277 e. The van der Waals surface area contributed by atoms with Crippen LogP contribution in [0.1, 0.15) is 29.0 Å². The lowest BCUT2D eigenvalue weighted by Gasteiger charge is -2.17. The Morgan fingerprint density at radius 3 is 2.67 bits per heavy atom. The van der Waals surface area contributed by atoms with E-state index in [9.17, 15) is 4.79 Å². The molecule has 1 amide bonds. The highest BCUT2D eigenvalue weighted by Crippen LogP contribution is 2.29. The quantitative estimate of drug-likeness (QED) is 0.698. The summed E-state index contributed by atoms with van der Waals surface area (Å²) in [6.45, 7) is 2.07. The molecule has 1 heterocycles. The minimum absolute atomic E-state index is 0.116. The first-order chi connectivity index (χ1) is 11.6. The molecular formula is C17H15ClN4OS. The minimum atomic E-state index is -0.307. The monoisotopic (exact) mass is 358 g/mol. The Morgan fingerprint density at radius 2 is 2.00 bits per heavy atom. The van der Waals surface area contributed by atoms with Crippen molar-refractivity contribution >= 4 is 40.6 Å². The number of nitrogens with zero attached hydrogens (tertiary/aromatic N) is 2. The van der Waals surface area contributed by atoms with Gasteiger partial charge in [0.1, 0.15) is 0 Å². The van der Waals surface area contributed by atoms with E-state index in [1.54, 1.807) is 12.1 Å². The number of aromatic nitrogens is 2. The molecule has 3 aromatic rings. The maximum atomic E-state index is 12.0. The summed E-state index contributed by atoms with van der Waals surface area (Å²) in [6.07, 6.45) is 1.43. The number of anilines is 2. The molecule has 3 rings (SSSR count). The van der Waals surface area contributed by atoms with Gasteiger partial charge in [0.25, 0.3) is 5.91 Å². The van der Waals surface area contributed by atoms with E-state index in [0.717, 1.165) is 17.4 Å². The Kier molecular flexibility index (Phi) is 5.08. The van der Waals surface area contributed by atoms with Crippen LogP contribution in [0.3, 0.4) is 0 Å². The number of hydrogen-bond acceptors (Lipinski definition) is 5. The van der Waals surface area contributed by atoms with Gasteiger partial charge in [0, 0.05) is 11.7 Å². The Hall–Kier alpha value is -2.44. The Morgan fingerprint density at radius 1 is 1.21 bits per heavy atom. The number of amides is 1. The van der Waals surface area contributed by atoms with Crippen LogP contribution < -0.4 is 10.6 Å². The van der Waals surface area contributed by atoms with Crippen LogP contribution in [0.5, 0.6) is 0 Å². The van der Waals surface area contributed by atoms with Crippen molar-refractivity contribution in [3.8, 4) is 0 Å². The second kappa shape index (κ2) is 7.42. The molecule has 0 aliphatic carbocycles. The van der Waals surface area contributed by atoms with E-state index in [1.807, 2.05) is 24.3 Å². The molecule has 0 aliphatic heterocycles. The molecule has 0 saturated carbocycles. The lowest BCUT2D eigenvalue weighted by atomic mass is 10.1. The maximum absolute atomic E-state index is 12.0. The molecule has 24 heavy (non-hydrogen) atoms. The van der Waals surface area contributed by atoms with Gasteiger partial charge >= 0.3 is 0 Å². The summed E-state index contributed by atoms with van der Waals surface area (Å²) in [5.74, 6) is -0.307. The number of benzene rings is 2. The normalized spacial score (nSPS) is 11.8. The van der Waals surface area contributed by atoms with Crippen LogP contribution in [0, 0.1) is 0 Å². The Balaban J connectivity index is 1.69. The molecule has 0 fully saturated rings. The van der Waals surface area contributed by atoms with E-state index < -0.39 is 0 Å². The largest absolute Gasteiger partial charge is 0.377 e. The van der Waals surface area contributed by atoms with Gasteiger partial charge in [0.15, 0.2) is 5.69 Å². The van der Waals surface area contributed by atoms with Gasteiger partial charge in [-0.3, -0.25) is 4.79 Å². The van der Waals surface area contributed by atoms with Gasteiger partial charge in [-0.15, -0.1) is 0 Å². The first-order valence-electron chi connectivity index (χ1n) is 7.33. The van der Waals surface area contributed by atoms with Gasteiger partial charge in [-0.05, 0) is 30.7 Å². The second-order valence-corrected chi connectivity index (χ2v) is 6.18. The predicted octanol–water partition coefficient (Wildman–Crippen LogP) is 4.62. The van der Waals surface area contributed by atoms with Gasteiger partial charge in [-0.1, -0.05) is 41.9 Å². The van der Waals surface area contributed by atoms with Crippen LogP contribution in [0.25, 0.3) is 0 Å². The molecule has 1 atom stereocenters. The lowest BCUT2D eigenvalue weighted by molar-refractivity contribution is 0.102. The van der Waals surface area contributed by atoms with E-state index >= 15 is 0 Å². The molecule has 0 bridgehead atoms. The van der Waals surface area contributed by atoms with Crippen molar-refractivity contribution < 1.29 is 4.79 Å². The summed E-state index contributed by atoms with van der Waals surface area (Å²) in [5.41, 5.74) is 2.87. The van der Waals surface area contributed by atoms with E-state index in [-0.39, 0.29) is 17.6 Å². The van der Waals surface area contributed by atoms with Crippen LogP contribution in [-0.4, -0.2) is 14.7 Å². The van der Waals surface area contributed by atoms with Crippen molar-refractivity contribution in [3.63, 3.8) is 0 Å². The molecule has 0 aliphatic rings. The van der Waals surface area contributed by atoms with Gasteiger partial charge in [0.2, 0.25) is 0 Å². The summed E-state index contributed by atoms with van der Waals surface area (Å²) in [4.78, 5) is 12.0. The average Bonchev–Trinajstić information content (AvgIpc) is 3.13. The Labute approximate surface area is 149 Å². The molecule has 1 aromatic heterocycles. The van der Waals surface area contributed by atoms with E-state index in [1.165, 1.54) is 11.8 Å². The predicted molar refractivity (Wildman–Crippen MR) is 97.8 cm³/mol. The van der Waals surface area contributed by atoms with Crippen LogP contribution in [0.15, 0.2) is 54.7 Å². The number of carbonyl (C=O) groups excluding carboxylic acids is 1. The number of hydrogen-bond donors (Lipinski definition) is 2. The number of carbonyl (C=O) groups is 1. The van der Waals surface area contributed by atoms with Gasteiger partial charge in [-0.25, -0.2) is 0 Å². The highest BCUT2D eigenvalue weighted by Gasteiger charge is 2.11. The van der Waals surface area contributed by atoms with Crippen molar-refractivity contribution in [2.75, 3.05) is 10.6 Å². The van der Waals surface area contributed by atoms with E-state index in [0.29, 0.717) is 10.7 Å². The lowest BCUT2D eigenvalue weighted by Crippen LogP contribution is -2.12. The van der Waals surface area contributed by atoms with Crippen LogP contribution in [-0.2, 0) is 0 Å². The Bertz CT molecular complexity index is 824. The van der Waals surface area contributed by atoms with Gasteiger partial charge in [0.05, 0.1) is 28.6 Å². The number of halogens is 1. The molecule has 2 N–H and O–H groups in total. The zero-order valence-electron chi connectivity index (χ0n) is 12.9. The van der Waals surface area contributed by atoms with Gasteiger partial charge < -0.3 is 10.6 Å². The van der Waals surface area contributed by atoms with Crippen molar-refractivity contribution in [1.82, 2.24) is 8.75 Å².